The molecule has 0 amide bonds. The van der Waals surface area contributed by atoms with Crippen molar-refractivity contribution in [3.8, 4) is 11.1 Å². The molecule has 0 unspecified atom stereocenters. The molecule has 0 aliphatic carbocycles. The minimum atomic E-state index is -0.0347. The van der Waals surface area contributed by atoms with Crippen LogP contribution in [0.5, 0.6) is 0 Å². The van der Waals surface area contributed by atoms with Gasteiger partial charge in [-0.05, 0) is 61.1 Å². The van der Waals surface area contributed by atoms with Gasteiger partial charge >= 0.3 is 0 Å². The van der Waals surface area contributed by atoms with Crippen molar-refractivity contribution in [3.05, 3.63) is 94.3 Å². The highest BCUT2D eigenvalue weighted by atomic mass is 35.5. The van der Waals surface area contributed by atoms with Gasteiger partial charge in [-0.3, -0.25) is 14.3 Å². The largest absolute Gasteiger partial charge is 0.383 e. The Morgan fingerprint density at radius 1 is 1.11 bits per heavy atom. The maximum absolute atomic E-state index is 12.9. The zero-order chi connectivity index (χ0) is 27.4. The number of aryl methyl sites for hydroxylation is 1. The Morgan fingerprint density at radius 3 is 2.41 bits per heavy atom. The molecule has 4 aromatic rings. The standard InChI is InChI=1S/C18H20ClNO.C9H9N5.C2H6/c1-4-7-10-14(5-2)20-15(6-3)12-13-9-8-11-16(19)17(13)18(20)21;10-8-7(5-13-9(11)14-8)6-1-3-12-4-2-6;1-2/h4,7-12H,5-6H2,1-3H3;1-5H,(H4,10,11,13,14);1-2H3/b7-4-,14-10+;;. The van der Waals surface area contributed by atoms with Crippen molar-refractivity contribution >= 4 is 39.8 Å². The van der Waals surface area contributed by atoms with Crippen molar-refractivity contribution in [1.29, 1.82) is 0 Å². The van der Waals surface area contributed by atoms with Crippen LogP contribution < -0.4 is 17.0 Å². The van der Waals surface area contributed by atoms with Gasteiger partial charge < -0.3 is 11.5 Å². The Hall–Kier alpha value is -3.97. The molecular weight excluding hydrogens is 484 g/mol. The van der Waals surface area contributed by atoms with Crippen LogP contribution in [0.15, 0.2) is 78.0 Å². The molecule has 4 N–H and O–H groups in total. The number of allylic oxidation sites excluding steroid dienone is 4. The third-order valence-corrected chi connectivity index (χ3v) is 5.71. The first-order valence-corrected chi connectivity index (χ1v) is 12.7. The van der Waals surface area contributed by atoms with Gasteiger partial charge in [-0.1, -0.05) is 63.6 Å². The number of rotatable bonds is 5. The fourth-order valence-electron chi connectivity index (χ4n) is 3.67. The van der Waals surface area contributed by atoms with E-state index in [0.717, 1.165) is 40.7 Å². The fraction of sp³-hybridized carbons (Fsp3) is 0.241. The van der Waals surface area contributed by atoms with Gasteiger partial charge in [0.15, 0.2) is 0 Å². The summed E-state index contributed by atoms with van der Waals surface area (Å²) in [5.41, 5.74) is 14.7. The predicted molar refractivity (Wildman–Crippen MR) is 157 cm³/mol. The minimum Gasteiger partial charge on any atom is -0.383 e. The van der Waals surface area contributed by atoms with E-state index in [9.17, 15) is 4.79 Å². The summed E-state index contributed by atoms with van der Waals surface area (Å²) in [6, 6.07) is 11.3. The predicted octanol–water partition coefficient (Wildman–Crippen LogP) is 6.77. The number of nitrogens with zero attached hydrogens (tertiary/aromatic N) is 4. The maximum atomic E-state index is 12.9. The molecule has 194 valence electrons. The van der Waals surface area contributed by atoms with Gasteiger partial charge in [0.2, 0.25) is 5.95 Å². The first-order valence-electron chi connectivity index (χ1n) is 12.3. The van der Waals surface area contributed by atoms with Crippen LogP contribution in [0.2, 0.25) is 5.02 Å². The average Bonchev–Trinajstić information content (AvgIpc) is 2.92. The molecule has 37 heavy (non-hydrogen) atoms. The second-order valence-electron chi connectivity index (χ2n) is 7.63. The highest BCUT2D eigenvalue weighted by molar-refractivity contribution is 6.35. The molecule has 0 aliphatic heterocycles. The third-order valence-electron chi connectivity index (χ3n) is 5.39. The molecule has 1 aromatic carbocycles. The molecule has 0 aliphatic rings. The summed E-state index contributed by atoms with van der Waals surface area (Å²) in [7, 11) is 0. The summed E-state index contributed by atoms with van der Waals surface area (Å²) < 4.78 is 1.80. The smallest absolute Gasteiger partial charge is 0.264 e. The van der Waals surface area contributed by atoms with Crippen molar-refractivity contribution in [2.24, 2.45) is 0 Å². The van der Waals surface area contributed by atoms with E-state index in [0.29, 0.717) is 16.2 Å². The van der Waals surface area contributed by atoms with Crippen molar-refractivity contribution < 1.29 is 0 Å². The maximum Gasteiger partial charge on any atom is 0.264 e. The molecule has 0 bridgehead atoms. The van der Waals surface area contributed by atoms with Crippen molar-refractivity contribution in [2.45, 2.75) is 47.5 Å². The molecule has 0 atom stereocenters. The molecule has 4 rings (SSSR count). The van der Waals surface area contributed by atoms with Gasteiger partial charge in [0, 0.05) is 35.5 Å². The second kappa shape index (κ2) is 14.6. The molecular formula is C29H35ClN6O. The van der Waals surface area contributed by atoms with Gasteiger partial charge in [0.05, 0.1) is 10.4 Å². The van der Waals surface area contributed by atoms with Gasteiger partial charge in [0.25, 0.3) is 5.56 Å². The second-order valence-corrected chi connectivity index (χ2v) is 8.04. The van der Waals surface area contributed by atoms with Crippen LogP contribution in [0.1, 0.15) is 46.7 Å². The van der Waals surface area contributed by atoms with Crippen LogP contribution in [0.4, 0.5) is 11.8 Å². The molecule has 3 aromatic heterocycles. The lowest BCUT2D eigenvalue weighted by Gasteiger charge is -2.16. The number of nitrogens with two attached hydrogens (primary N) is 2. The molecule has 0 saturated heterocycles. The normalized spacial score (nSPS) is 11.0. The first-order chi connectivity index (χ1) is 17.9. The summed E-state index contributed by atoms with van der Waals surface area (Å²) in [5, 5.41) is 2.01. The lowest BCUT2D eigenvalue weighted by Crippen LogP contribution is -2.23. The van der Waals surface area contributed by atoms with Crippen LogP contribution in [0, 0.1) is 0 Å². The van der Waals surface area contributed by atoms with Gasteiger partial charge in [-0.15, -0.1) is 0 Å². The molecule has 7 nitrogen and oxygen atoms in total. The van der Waals surface area contributed by atoms with E-state index in [2.05, 4.69) is 34.9 Å². The quantitative estimate of drug-likeness (QED) is 0.282. The molecule has 8 heteroatoms. The number of nitrogen functional groups attached to an aromatic ring is 2. The third kappa shape index (κ3) is 7.27. The number of pyridine rings is 2. The van der Waals surface area contributed by atoms with E-state index in [4.69, 9.17) is 23.1 Å². The van der Waals surface area contributed by atoms with Crippen LogP contribution >= 0.6 is 11.6 Å². The van der Waals surface area contributed by atoms with Crippen molar-refractivity contribution in [2.75, 3.05) is 11.5 Å². The SMILES string of the molecule is C/C=C\C=C(/CC)n1c(CC)cc2cccc(Cl)c2c1=O.CC.Nc1ncc(-c2ccncc2)c(N)n1. The average molecular weight is 519 g/mol. The Kier molecular flexibility index (Phi) is 11.5. The van der Waals surface area contributed by atoms with E-state index < -0.39 is 0 Å². The zero-order valence-electron chi connectivity index (χ0n) is 22.1. The fourth-order valence-corrected chi connectivity index (χ4v) is 3.93. The van der Waals surface area contributed by atoms with E-state index in [-0.39, 0.29) is 11.5 Å². The van der Waals surface area contributed by atoms with Gasteiger partial charge in [0.1, 0.15) is 5.82 Å². The van der Waals surface area contributed by atoms with Crippen LogP contribution in [-0.2, 0) is 6.42 Å². The number of benzene rings is 1. The monoisotopic (exact) mass is 518 g/mol. The zero-order valence-corrected chi connectivity index (χ0v) is 22.8. The Bertz CT molecular complexity index is 1430. The number of hydrogen-bond donors (Lipinski definition) is 2. The highest BCUT2D eigenvalue weighted by Gasteiger charge is 2.13. The van der Waals surface area contributed by atoms with Crippen LogP contribution in [0.25, 0.3) is 27.6 Å². The van der Waals surface area contributed by atoms with E-state index in [1.165, 1.54) is 0 Å². The highest BCUT2D eigenvalue weighted by Crippen LogP contribution is 2.24. The molecule has 0 saturated carbocycles. The lowest BCUT2D eigenvalue weighted by molar-refractivity contribution is 0.875. The van der Waals surface area contributed by atoms with E-state index >= 15 is 0 Å². The van der Waals surface area contributed by atoms with Crippen LogP contribution in [0.3, 0.4) is 0 Å². The number of fused-ring (bicyclic) bond motifs is 1. The number of anilines is 2. The summed E-state index contributed by atoms with van der Waals surface area (Å²) in [5.74, 6) is 0.559. The molecule has 0 radical (unpaired) electrons. The summed E-state index contributed by atoms with van der Waals surface area (Å²) in [6.07, 6.45) is 12.5. The molecule has 0 spiro atoms. The number of aromatic nitrogens is 4. The van der Waals surface area contributed by atoms with Crippen molar-refractivity contribution in [1.82, 2.24) is 19.5 Å². The number of hydrogen-bond acceptors (Lipinski definition) is 6. The molecule has 3 heterocycles. The van der Waals surface area contributed by atoms with Crippen molar-refractivity contribution in [3.63, 3.8) is 0 Å². The summed E-state index contributed by atoms with van der Waals surface area (Å²) in [6.45, 7) is 10.1. The van der Waals surface area contributed by atoms with E-state index in [1.807, 2.05) is 63.3 Å². The topological polar surface area (TPSA) is 113 Å². The summed E-state index contributed by atoms with van der Waals surface area (Å²) >= 11 is 6.24. The molecule has 0 fully saturated rings. The lowest BCUT2D eigenvalue weighted by atomic mass is 10.1. The number of halogens is 1. The Labute approximate surface area is 223 Å². The first kappa shape index (κ1) is 29.3. The minimum absolute atomic E-state index is 0.0347. The Balaban J connectivity index is 0.000000260. The van der Waals surface area contributed by atoms with E-state index in [1.54, 1.807) is 29.2 Å². The van der Waals surface area contributed by atoms with Crippen LogP contribution in [-0.4, -0.2) is 19.5 Å². The van der Waals surface area contributed by atoms with Gasteiger partial charge in [-0.25, -0.2) is 4.98 Å². The van der Waals surface area contributed by atoms with Gasteiger partial charge in [-0.2, -0.15) is 4.98 Å². The summed E-state index contributed by atoms with van der Waals surface area (Å²) in [4.78, 5) is 24.6. The Morgan fingerprint density at radius 2 is 1.81 bits per heavy atom.